The van der Waals surface area contributed by atoms with Gasteiger partial charge in [0, 0.05) is 29.8 Å². The lowest BCUT2D eigenvalue weighted by Gasteiger charge is -2.13. The molecule has 3 rings (SSSR count). The highest BCUT2D eigenvalue weighted by atomic mass is 32.1. The molecule has 3 nitrogen and oxygen atoms in total. The molecule has 0 aliphatic carbocycles. The second-order valence-electron chi connectivity index (χ2n) is 5.01. The first-order valence-electron chi connectivity index (χ1n) is 7.06. The van der Waals surface area contributed by atoms with Crippen LogP contribution in [0.4, 0.5) is 0 Å². The average molecular weight is 295 g/mol. The van der Waals surface area contributed by atoms with Crippen molar-refractivity contribution in [3.8, 4) is 5.69 Å². The molecular formula is C17H17N3S. The minimum absolute atomic E-state index is 0.428. The quantitative estimate of drug-likeness (QED) is 0.748. The van der Waals surface area contributed by atoms with Gasteiger partial charge < -0.3 is 10.3 Å². The van der Waals surface area contributed by atoms with Crippen LogP contribution in [0.1, 0.15) is 24.7 Å². The van der Waals surface area contributed by atoms with Gasteiger partial charge in [-0.05, 0) is 23.9 Å². The van der Waals surface area contributed by atoms with Gasteiger partial charge in [-0.2, -0.15) is 0 Å². The first-order chi connectivity index (χ1) is 10.2. The van der Waals surface area contributed by atoms with Crippen LogP contribution in [-0.2, 0) is 6.42 Å². The second-order valence-corrected chi connectivity index (χ2v) is 5.45. The normalized spacial score (nSPS) is 10.9. The van der Waals surface area contributed by atoms with Crippen LogP contribution in [0.25, 0.3) is 16.5 Å². The van der Waals surface area contributed by atoms with Crippen LogP contribution in [0.2, 0.25) is 0 Å². The number of nitrogens with two attached hydrogens (primary N) is 1. The van der Waals surface area contributed by atoms with Crippen LogP contribution >= 0.6 is 12.2 Å². The van der Waals surface area contributed by atoms with Crippen LogP contribution < -0.4 is 5.73 Å². The molecule has 0 saturated heterocycles. The van der Waals surface area contributed by atoms with Gasteiger partial charge in [0.25, 0.3) is 0 Å². The Labute approximate surface area is 129 Å². The van der Waals surface area contributed by atoms with Gasteiger partial charge in [0.1, 0.15) is 10.8 Å². The average Bonchev–Trinajstić information content (AvgIpc) is 2.94. The minimum atomic E-state index is 0.428. The van der Waals surface area contributed by atoms with Crippen molar-refractivity contribution >= 4 is 28.0 Å². The predicted molar refractivity (Wildman–Crippen MR) is 91.0 cm³/mol. The number of aromatic nitrogens is 2. The summed E-state index contributed by atoms with van der Waals surface area (Å²) in [4.78, 5) is 4.89. The Balaban J connectivity index is 2.27. The number of hydrogen-bond acceptors (Lipinski definition) is 2. The largest absolute Gasteiger partial charge is 0.389 e. The third-order valence-electron chi connectivity index (χ3n) is 3.62. The molecule has 0 aliphatic heterocycles. The maximum Gasteiger partial charge on any atom is 0.113 e. The Bertz CT molecular complexity index is 805. The fourth-order valence-corrected chi connectivity index (χ4v) is 2.85. The number of thiocarbonyl (C=S) groups is 1. The lowest BCUT2D eigenvalue weighted by Crippen LogP contribution is -2.10. The summed E-state index contributed by atoms with van der Waals surface area (Å²) in [5.74, 6) is 1.07. The van der Waals surface area contributed by atoms with E-state index in [0.29, 0.717) is 4.99 Å². The molecule has 0 atom stereocenters. The van der Waals surface area contributed by atoms with E-state index >= 15 is 0 Å². The Morgan fingerprint density at radius 2 is 1.95 bits per heavy atom. The molecule has 1 heterocycles. The molecule has 0 unspecified atom stereocenters. The Hall–Kier alpha value is -2.20. The van der Waals surface area contributed by atoms with Crippen molar-refractivity contribution in [1.82, 2.24) is 9.55 Å². The number of benzene rings is 2. The number of rotatable bonds is 4. The molecule has 0 amide bonds. The zero-order valence-corrected chi connectivity index (χ0v) is 12.7. The standard InChI is InChI=1S/C17H17N3S/c1-2-5-16-19-10-11-20(16)15-9-8-14(17(18)21)12-6-3-4-7-13(12)15/h3-4,6-11H,2,5H2,1H3,(H2,18,21). The topological polar surface area (TPSA) is 43.8 Å². The monoisotopic (exact) mass is 295 g/mol. The smallest absolute Gasteiger partial charge is 0.113 e. The summed E-state index contributed by atoms with van der Waals surface area (Å²) in [5, 5.41) is 2.22. The van der Waals surface area contributed by atoms with Crippen LogP contribution in [0.5, 0.6) is 0 Å². The number of aryl methyl sites for hydroxylation is 1. The van der Waals surface area contributed by atoms with Gasteiger partial charge in [0.05, 0.1) is 5.69 Å². The summed E-state index contributed by atoms with van der Waals surface area (Å²) < 4.78 is 2.15. The van der Waals surface area contributed by atoms with E-state index in [0.717, 1.165) is 40.7 Å². The van der Waals surface area contributed by atoms with Crippen LogP contribution in [-0.4, -0.2) is 14.5 Å². The molecule has 2 aromatic carbocycles. The highest BCUT2D eigenvalue weighted by Gasteiger charge is 2.11. The molecule has 106 valence electrons. The number of fused-ring (bicyclic) bond motifs is 1. The molecule has 21 heavy (non-hydrogen) atoms. The van der Waals surface area contributed by atoms with Crippen LogP contribution in [0.15, 0.2) is 48.8 Å². The van der Waals surface area contributed by atoms with E-state index < -0.39 is 0 Å². The van der Waals surface area contributed by atoms with E-state index in [1.807, 2.05) is 30.6 Å². The summed E-state index contributed by atoms with van der Waals surface area (Å²) >= 11 is 5.16. The van der Waals surface area contributed by atoms with Gasteiger partial charge >= 0.3 is 0 Å². The SMILES string of the molecule is CCCc1nccn1-c1ccc(C(N)=S)c2ccccc12. The van der Waals surface area contributed by atoms with E-state index in [1.165, 1.54) is 0 Å². The van der Waals surface area contributed by atoms with Crippen LogP contribution in [0.3, 0.4) is 0 Å². The molecule has 4 heteroatoms. The fraction of sp³-hybridized carbons (Fsp3) is 0.176. The van der Waals surface area contributed by atoms with E-state index in [9.17, 15) is 0 Å². The van der Waals surface area contributed by atoms with Gasteiger partial charge in [-0.15, -0.1) is 0 Å². The van der Waals surface area contributed by atoms with Crippen molar-refractivity contribution in [3.05, 3.63) is 60.2 Å². The van der Waals surface area contributed by atoms with Crippen molar-refractivity contribution in [2.45, 2.75) is 19.8 Å². The predicted octanol–water partition coefficient (Wildman–Crippen LogP) is 3.61. The summed E-state index contributed by atoms with van der Waals surface area (Å²) in [6, 6.07) is 12.3. The zero-order valence-electron chi connectivity index (χ0n) is 11.9. The third-order valence-corrected chi connectivity index (χ3v) is 3.84. The molecule has 3 aromatic rings. The molecule has 2 N–H and O–H groups in total. The van der Waals surface area contributed by atoms with Crippen LogP contribution in [0, 0.1) is 0 Å². The van der Waals surface area contributed by atoms with E-state index in [2.05, 4.69) is 34.7 Å². The second kappa shape index (κ2) is 5.66. The number of nitrogens with zero attached hydrogens (tertiary/aromatic N) is 2. The van der Waals surface area contributed by atoms with Crippen molar-refractivity contribution in [2.24, 2.45) is 5.73 Å². The molecule has 0 bridgehead atoms. The fourth-order valence-electron chi connectivity index (χ4n) is 2.67. The van der Waals surface area contributed by atoms with Gasteiger partial charge in [0.15, 0.2) is 0 Å². The number of hydrogen-bond donors (Lipinski definition) is 1. The summed E-state index contributed by atoms with van der Waals surface area (Å²) in [5.41, 5.74) is 7.87. The van der Waals surface area contributed by atoms with Crippen molar-refractivity contribution < 1.29 is 0 Å². The Morgan fingerprint density at radius 1 is 1.19 bits per heavy atom. The highest BCUT2D eigenvalue weighted by Crippen LogP contribution is 2.26. The molecule has 0 radical (unpaired) electrons. The first kappa shape index (κ1) is 13.8. The maximum atomic E-state index is 5.84. The lowest BCUT2D eigenvalue weighted by atomic mass is 10.0. The number of imidazole rings is 1. The van der Waals surface area contributed by atoms with E-state index in [-0.39, 0.29) is 0 Å². The Kier molecular flexibility index (Phi) is 3.71. The molecule has 1 aromatic heterocycles. The highest BCUT2D eigenvalue weighted by molar-refractivity contribution is 7.80. The van der Waals surface area contributed by atoms with Crippen molar-refractivity contribution in [2.75, 3.05) is 0 Å². The lowest BCUT2D eigenvalue weighted by molar-refractivity contribution is 0.811. The van der Waals surface area contributed by atoms with Gasteiger partial charge in [-0.25, -0.2) is 4.98 Å². The summed E-state index contributed by atoms with van der Waals surface area (Å²) in [6.07, 6.45) is 5.88. The van der Waals surface area contributed by atoms with Gasteiger partial charge in [0.2, 0.25) is 0 Å². The maximum absolute atomic E-state index is 5.84. The molecule has 0 fully saturated rings. The van der Waals surface area contributed by atoms with Crippen molar-refractivity contribution in [1.29, 1.82) is 0 Å². The molecular weight excluding hydrogens is 278 g/mol. The van der Waals surface area contributed by atoms with Gasteiger partial charge in [-0.3, -0.25) is 0 Å². The first-order valence-corrected chi connectivity index (χ1v) is 7.47. The molecule has 0 aliphatic rings. The van der Waals surface area contributed by atoms with Gasteiger partial charge in [-0.1, -0.05) is 43.4 Å². The summed E-state index contributed by atoms with van der Waals surface area (Å²) in [7, 11) is 0. The zero-order chi connectivity index (χ0) is 14.8. The Morgan fingerprint density at radius 3 is 2.67 bits per heavy atom. The molecule has 0 spiro atoms. The van der Waals surface area contributed by atoms with E-state index in [4.69, 9.17) is 18.0 Å². The van der Waals surface area contributed by atoms with Crippen molar-refractivity contribution in [3.63, 3.8) is 0 Å². The molecule has 0 saturated carbocycles. The summed E-state index contributed by atoms with van der Waals surface area (Å²) in [6.45, 7) is 2.16. The third kappa shape index (κ3) is 2.43. The van der Waals surface area contributed by atoms with E-state index in [1.54, 1.807) is 0 Å². The minimum Gasteiger partial charge on any atom is -0.389 e.